The van der Waals surface area contributed by atoms with Crippen LogP contribution in [-0.4, -0.2) is 11.9 Å². The molecule has 0 aliphatic heterocycles. The van der Waals surface area contributed by atoms with Crippen LogP contribution in [-0.2, 0) is 14.3 Å². The van der Waals surface area contributed by atoms with Crippen molar-refractivity contribution in [3.63, 3.8) is 0 Å². The highest BCUT2D eigenvalue weighted by Gasteiger charge is 2.16. The standard InChI is InChI=1S/C13H14O4/c1-4-12(16-9(2)14)11-7-5-6-8-13(11)17-10(3)15/h4-8,12H,1H2,2-3H3. The molecule has 0 N–H and O–H groups in total. The number of benzene rings is 1. The molecule has 0 bridgehead atoms. The molecule has 0 aliphatic rings. The Balaban J connectivity index is 3.05. The van der Waals surface area contributed by atoms with Gasteiger partial charge in [0.2, 0.25) is 0 Å². The summed E-state index contributed by atoms with van der Waals surface area (Å²) in [7, 11) is 0. The molecule has 4 nitrogen and oxygen atoms in total. The average molecular weight is 234 g/mol. The minimum Gasteiger partial charge on any atom is -0.453 e. The van der Waals surface area contributed by atoms with E-state index >= 15 is 0 Å². The summed E-state index contributed by atoms with van der Waals surface area (Å²) in [6.45, 7) is 6.21. The molecule has 0 heterocycles. The minimum absolute atomic E-state index is 0.367. The lowest BCUT2D eigenvalue weighted by Crippen LogP contribution is -2.10. The Labute approximate surface area is 99.8 Å². The number of ether oxygens (including phenoxy) is 2. The fraction of sp³-hybridized carbons (Fsp3) is 0.231. The smallest absolute Gasteiger partial charge is 0.308 e. The van der Waals surface area contributed by atoms with E-state index in [1.807, 2.05) is 0 Å². The summed E-state index contributed by atoms with van der Waals surface area (Å²) in [6.07, 6.45) is 0.854. The first-order valence-corrected chi connectivity index (χ1v) is 5.11. The molecule has 0 saturated heterocycles. The minimum atomic E-state index is -0.622. The molecule has 1 aromatic rings. The molecule has 1 atom stereocenters. The second kappa shape index (κ2) is 5.84. The van der Waals surface area contributed by atoms with Gasteiger partial charge in [-0.2, -0.15) is 0 Å². The summed E-state index contributed by atoms with van der Waals surface area (Å²) in [4.78, 5) is 21.9. The maximum absolute atomic E-state index is 10.9. The Morgan fingerprint density at radius 3 is 2.41 bits per heavy atom. The van der Waals surface area contributed by atoms with Crippen molar-refractivity contribution in [3.05, 3.63) is 42.5 Å². The highest BCUT2D eigenvalue weighted by Crippen LogP contribution is 2.28. The topological polar surface area (TPSA) is 52.6 Å². The zero-order chi connectivity index (χ0) is 12.8. The summed E-state index contributed by atoms with van der Waals surface area (Å²) < 4.78 is 10.1. The third kappa shape index (κ3) is 3.75. The van der Waals surface area contributed by atoms with Crippen molar-refractivity contribution in [2.24, 2.45) is 0 Å². The van der Waals surface area contributed by atoms with Gasteiger partial charge in [-0.1, -0.05) is 24.8 Å². The first-order valence-electron chi connectivity index (χ1n) is 5.11. The van der Waals surface area contributed by atoms with Gasteiger partial charge >= 0.3 is 11.9 Å². The number of hydrogen-bond acceptors (Lipinski definition) is 4. The van der Waals surface area contributed by atoms with Crippen molar-refractivity contribution in [2.45, 2.75) is 20.0 Å². The van der Waals surface area contributed by atoms with Crippen LogP contribution < -0.4 is 4.74 Å². The lowest BCUT2D eigenvalue weighted by atomic mass is 10.1. The Kier molecular flexibility index (Phi) is 4.46. The first kappa shape index (κ1) is 13.0. The summed E-state index contributed by atoms with van der Waals surface area (Å²) in [6, 6.07) is 6.85. The van der Waals surface area contributed by atoms with E-state index in [0.717, 1.165) is 0 Å². The van der Waals surface area contributed by atoms with E-state index in [-0.39, 0.29) is 0 Å². The van der Waals surface area contributed by atoms with Crippen LogP contribution in [0, 0.1) is 0 Å². The van der Waals surface area contributed by atoms with Crippen molar-refractivity contribution in [2.75, 3.05) is 0 Å². The van der Waals surface area contributed by atoms with Crippen molar-refractivity contribution in [1.29, 1.82) is 0 Å². The lowest BCUT2D eigenvalue weighted by Gasteiger charge is -2.16. The molecule has 90 valence electrons. The fourth-order valence-corrected chi connectivity index (χ4v) is 1.38. The van der Waals surface area contributed by atoms with Crippen LogP contribution in [0.25, 0.3) is 0 Å². The predicted octanol–water partition coefficient (Wildman–Crippen LogP) is 2.40. The number of carbonyl (C=O) groups excluding carboxylic acids is 2. The monoisotopic (exact) mass is 234 g/mol. The maximum atomic E-state index is 10.9. The quantitative estimate of drug-likeness (QED) is 0.456. The molecule has 0 saturated carbocycles. The Hall–Kier alpha value is -2.10. The zero-order valence-electron chi connectivity index (χ0n) is 9.80. The molecule has 0 fully saturated rings. The molecule has 17 heavy (non-hydrogen) atoms. The Morgan fingerprint density at radius 2 is 1.88 bits per heavy atom. The zero-order valence-corrected chi connectivity index (χ0v) is 9.80. The summed E-state index contributed by atoms with van der Waals surface area (Å²) in [5.74, 6) is -0.484. The summed E-state index contributed by atoms with van der Waals surface area (Å²) >= 11 is 0. The molecule has 0 radical (unpaired) electrons. The second-order valence-corrected chi connectivity index (χ2v) is 3.40. The highest BCUT2D eigenvalue weighted by molar-refractivity contribution is 5.70. The molecule has 1 aromatic carbocycles. The van der Waals surface area contributed by atoms with E-state index < -0.39 is 18.0 Å². The number of esters is 2. The molecule has 0 aliphatic carbocycles. The van der Waals surface area contributed by atoms with Gasteiger partial charge < -0.3 is 9.47 Å². The molecule has 1 unspecified atom stereocenters. The number of para-hydroxylation sites is 1. The van der Waals surface area contributed by atoms with Gasteiger partial charge in [-0.05, 0) is 12.1 Å². The van der Waals surface area contributed by atoms with Gasteiger partial charge in [0, 0.05) is 19.4 Å². The van der Waals surface area contributed by atoms with Gasteiger partial charge in [0.1, 0.15) is 11.9 Å². The molecule has 1 rings (SSSR count). The van der Waals surface area contributed by atoms with Crippen LogP contribution >= 0.6 is 0 Å². The Morgan fingerprint density at radius 1 is 1.24 bits per heavy atom. The van der Waals surface area contributed by atoms with Crippen LogP contribution in [0.15, 0.2) is 36.9 Å². The molecule has 0 spiro atoms. The number of carbonyl (C=O) groups is 2. The van der Waals surface area contributed by atoms with Gasteiger partial charge in [-0.15, -0.1) is 0 Å². The van der Waals surface area contributed by atoms with E-state index in [9.17, 15) is 9.59 Å². The van der Waals surface area contributed by atoms with Crippen molar-refractivity contribution >= 4 is 11.9 Å². The van der Waals surface area contributed by atoms with Crippen molar-refractivity contribution < 1.29 is 19.1 Å². The van der Waals surface area contributed by atoms with E-state index in [1.54, 1.807) is 24.3 Å². The Bertz CT molecular complexity index is 437. The molecule has 0 aromatic heterocycles. The predicted molar refractivity (Wildman–Crippen MR) is 62.5 cm³/mol. The third-order valence-corrected chi connectivity index (χ3v) is 1.99. The van der Waals surface area contributed by atoms with Gasteiger partial charge in [-0.25, -0.2) is 0 Å². The lowest BCUT2D eigenvalue weighted by molar-refractivity contribution is -0.144. The van der Waals surface area contributed by atoms with Crippen LogP contribution in [0.5, 0.6) is 5.75 Å². The van der Waals surface area contributed by atoms with Gasteiger partial charge in [-0.3, -0.25) is 9.59 Å². The first-order chi connectivity index (χ1) is 8.04. The van der Waals surface area contributed by atoms with Crippen LogP contribution in [0.2, 0.25) is 0 Å². The van der Waals surface area contributed by atoms with Crippen LogP contribution in [0.1, 0.15) is 25.5 Å². The normalized spacial score (nSPS) is 11.4. The van der Waals surface area contributed by atoms with Gasteiger partial charge in [0.25, 0.3) is 0 Å². The SMILES string of the molecule is C=CC(OC(C)=O)c1ccccc1OC(C)=O. The number of rotatable bonds is 4. The van der Waals surface area contributed by atoms with E-state index in [2.05, 4.69) is 6.58 Å². The average Bonchev–Trinajstić information content (AvgIpc) is 2.26. The fourth-order valence-electron chi connectivity index (χ4n) is 1.38. The van der Waals surface area contributed by atoms with E-state index in [1.165, 1.54) is 19.9 Å². The largest absolute Gasteiger partial charge is 0.453 e. The van der Waals surface area contributed by atoms with Gasteiger partial charge in [0.15, 0.2) is 0 Å². The van der Waals surface area contributed by atoms with Crippen molar-refractivity contribution in [1.82, 2.24) is 0 Å². The molecular weight excluding hydrogens is 220 g/mol. The summed E-state index contributed by atoms with van der Waals surface area (Å²) in [5, 5.41) is 0. The maximum Gasteiger partial charge on any atom is 0.308 e. The van der Waals surface area contributed by atoms with Crippen LogP contribution in [0.4, 0.5) is 0 Å². The second-order valence-electron chi connectivity index (χ2n) is 3.40. The van der Waals surface area contributed by atoms with E-state index in [4.69, 9.17) is 9.47 Å². The van der Waals surface area contributed by atoms with E-state index in [0.29, 0.717) is 11.3 Å². The third-order valence-electron chi connectivity index (χ3n) is 1.99. The van der Waals surface area contributed by atoms with Crippen LogP contribution in [0.3, 0.4) is 0 Å². The molecule has 0 amide bonds. The summed E-state index contributed by atoms with van der Waals surface area (Å²) in [5.41, 5.74) is 0.591. The molecular formula is C13H14O4. The van der Waals surface area contributed by atoms with Gasteiger partial charge in [0.05, 0.1) is 0 Å². The highest BCUT2D eigenvalue weighted by atomic mass is 16.6. The molecule has 4 heteroatoms. The number of hydrogen-bond donors (Lipinski definition) is 0. The van der Waals surface area contributed by atoms with Crippen molar-refractivity contribution in [3.8, 4) is 5.75 Å².